The Kier molecular flexibility index (Phi) is 1.65. The summed E-state index contributed by atoms with van der Waals surface area (Å²) in [5.74, 6) is 0.170. The molecule has 3 heteroatoms. The maximum atomic E-state index is 11.3. The van der Waals surface area contributed by atoms with Gasteiger partial charge in [0.25, 0.3) is 0 Å². The molecule has 0 radical (unpaired) electrons. The van der Waals surface area contributed by atoms with E-state index in [-0.39, 0.29) is 11.9 Å². The average molecular weight is 169 g/mol. The molecule has 3 nitrogen and oxygen atoms in total. The molecule has 1 amide bonds. The Balaban J connectivity index is 2.13. The summed E-state index contributed by atoms with van der Waals surface area (Å²) in [5.41, 5.74) is 0. The number of nitrogens with zero attached hydrogens (tertiary/aromatic N) is 1. The summed E-state index contributed by atoms with van der Waals surface area (Å²) in [6.45, 7) is 5.80. The molecule has 68 valence electrons. The number of piperidine rings is 1. The van der Waals surface area contributed by atoms with Gasteiger partial charge in [0.05, 0.1) is 12.1 Å². The van der Waals surface area contributed by atoms with Gasteiger partial charge in [-0.2, -0.15) is 0 Å². The Hall–Kier alpha value is -0.570. The van der Waals surface area contributed by atoms with E-state index in [1.54, 1.807) is 6.92 Å². The van der Waals surface area contributed by atoms with Gasteiger partial charge in [0.1, 0.15) is 6.10 Å². The maximum absolute atomic E-state index is 11.3. The number of epoxide rings is 1. The molecule has 0 N–H and O–H groups in total. The van der Waals surface area contributed by atoms with E-state index >= 15 is 0 Å². The minimum Gasteiger partial charge on any atom is -0.367 e. The van der Waals surface area contributed by atoms with Crippen molar-refractivity contribution in [2.24, 2.45) is 0 Å². The van der Waals surface area contributed by atoms with Crippen molar-refractivity contribution in [2.75, 3.05) is 0 Å². The highest BCUT2D eigenvalue weighted by Gasteiger charge is 2.51. The zero-order valence-corrected chi connectivity index (χ0v) is 7.78. The molecule has 12 heavy (non-hydrogen) atoms. The molecule has 0 aromatic heterocycles. The summed E-state index contributed by atoms with van der Waals surface area (Å²) in [6.07, 6.45) is 1.77. The second-order valence-corrected chi connectivity index (χ2v) is 3.89. The second kappa shape index (κ2) is 2.46. The molecule has 2 saturated heterocycles. The Morgan fingerprint density at radius 1 is 1.50 bits per heavy atom. The van der Waals surface area contributed by atoms with Crippen molar-refractivity contribution >= 4 is 5.91 Å². The number of hydrogen-bond acceptors (Lipinski definition) is 2. The predicted molar refractivity (Wildman–Crippen MR) is 44.7 cm³/mol. The first-order valence-electron chi connectivity index (χ1n) is 4.55. The van der Waals surface area contributed by atoms with Crippen LogP contribution in [0.1, 0.15) is 27.2 Å². The van der Waals surface area contributed by atoms with Gasteiger partial charge < -0.3 is 9.64 Å². The number of rotatable bonds is 0. The van der Waals surface area contributed by atoms with Crippen molar-refractivity contribution in [3.63, 3.8) is 0 Å². The van der Waals surface area contributed by atoms with Crippen molar-refractivity contribution in [1.29, 1.82) is 0 Å². The monoisotopic (exact) mass is 169 g/mol. The maximum Gasteiger partial charge on any atom is 0.220 e. The van der Waals surface area contributed by atoms with Crippen molar-refractivity contribution in [3.8, 4) is 0 Å². The van der Waals surface area contributed by atoms with E-state index in [0.29, 0.717) is 18.2 Å². The van der Waals surface area contributed by atoms with Crippen LogP contribution >= 0.6 is 0 Å². The van der Waals surface area contributed by atoms with Crippen LogP contribution in [0, 0.1) is 0 Å². The molecule has 0 aliphatic carbocycles. The molecule has 0 unspecified atom stereocenters. The molecule has 4 atom stereocenters. The van der Waals surface area contributed by atoms with Crippen LogP contribution in [0.2, 0.25) is 0 Å². The standard InChI is InChI=1S/C9H15NO2/c1-5-4-8-9(12-8)6(2)10(5)7(3)11/h5-6,8-9H,4H2,1-3H3/t5-,6-,8+,9-/m1/s1. The van der Waals surface area contributed by atoms with Gasteiger partial charge in [-0.3, -0.25) is 4.79 Å². The minimum absolute atomic E-state index is 0.170. The van der Waals surface area contributed by atoms with Crippen LogP contribution in [-0.2, 0) is 9.53 Å². The zero-order valence-electron chi connectivity index (χ0n) is 7.78. The van der Waals surface area contributed by atoms with Gasteiger partial charge in [0.2, 0.25) is 5.91 Å². The average Bonchev–Trinajstić information content (AvgIpc) is 2.65. The summed E-state index contributed by atoms with van der Waals surface area (Å²) in [5, 5.41) is 0. The van der Waals surface area contributed by atoms with E-state index in [0.717, 1.165) is 6.42 Å². The first-order chi connectivity index (χ1) is 5.61. The fourth-order valence-electron chi connectivity index (χ4n) is 2.38. The fraction of sp³-hybridized carbons (Fsp3) is 0.889. The molecule has 0 aromatic carbocycles. The molecule has 0 aromatic rings. The molecule has 2 fully saturated rings. The van der Waals surface area contributed by atoms with Gasteiger partial charge in [0.15, 0.2) is 0 Å². The van der Waals surface area contributed by atoms with Crippen LogP contribution in [0.3, 0.4) is 0 Å². The largest absolute Gasteiger partial charge is 0.367 e. The smallest absolute Gasteiger partial charge is 0.220 e. The number of carbonyl (C=O) groups is 1. The summed E-state index contributed by atoms with van der Waals surface area (Å²) >= 11 is 0. The highest BCUT2D eigenvalue weighted by Crippen LogP contribution is 2.38. The van der Waals surface area contributed by atoms with Gasteiger partial charge in [-0.1, -0.05) is 0 Å². The molecule has 2 aliphatic rings. The predicted octanol–water partition coefficient (Wildman–Crippen LogP) is 0.783. The van der Waals surface area contributed by atoms with Crippen LogP contribution < -0.4 is 0 Å². The molecule has 2 aliphatic heterocycles. The van der Waals surface area contributed by atoms with Gasteiger partial charge in [-0.15, -0.1) is 0 Å². The van der Waals surface area contributed by atoms with Crippen molar-refractivity contribution in [2.45, 2.75) is 51.5 Å². The third kappa shape index (κ3) is 1.04. The quantitative estimate of drug-likeness (QED) is 0.502. The number of carbonyl (C=O) groups excluding carboxylic acids is 1. The first-order valence-corrected chi connectivity index (χ1v) is 4.55. The van der Waals surface area contributed by atoms with Gasteiger partial charge >= 0.3 is 0 Å². The fourth-order valence-corrected chi connectivity index (χ4v) is 2.38. The van der Waals surface area contributed by atoms with E-state index in [1.807, 2.05) is 4.90 Å². The van der Waals surface area contributed by atoms with Crippen LogP contribution in [0.5, 0.6) is 0 Å². The number of likely N-dealkylation sites (tertiary alicyclic amines) is 1. The molecule has 0 spiro atoms. The number of fused-ring (bicyclic) bond motifs is 1. The lowest BCUT2D eigenvalue weighted by Crippen LogP contribution is -2.50. The summed E-state index contributed by atoms with van der Waals surface area (Å²) in [4.78, 5) is 13.2. The lowest BCUT2D eigenvalue weighted by Gasteiger charge is -2.35. The SMILES string of the molecule is CC(=O)N1[C@H](C)C[C@@H]2O[C@@H]2[C@H]1C. The molecular weight excluding hydrogens is 154 g/mol. The van der Waals surface area contributed by atoms with E-state index in [9.17, 15) is 4.79 Å². The normalized spacial score (nSPS) is 45.4. The summed E-state index contributed by atoms with van der Waals surface area (Å²) in [7, 11) is 0. The Morgan fingerprint density at radius 2 is 2.17 bits per heavy atom. The molecule has 2 rings (SSSR count). The van der Waals surface area contributed by atoms with Gasteiger partial charge in [-0.25, -0.2) is 0 Å². The Bertz CT molecular complexity index is 217. The molecule has 2 heterocycles. The van der Waals surface area contributed by atoms with Crippen LogP contribution in [-0.4, -0.2) is 35.1 Å². The zero-order chi connectivity index (χ0) is 8.88. The van der Waals surface area contributed by atoms with E-state index in [2.05, 4.69) is 13.8 Å². The van der Waals surface area contributed by atoms with E-state index in [4.69, 9.17) is 4.74 Å². The number of amides is 1. The number of hydrogen-bond donors (Lipinski definition) is 0. The molecule has 0 saturated carbocycles. The first kappa shape index (κ1) is 8.05. The highest BCUT2D eigenvalue weighted by molar-refractivity contribution is 5.74. The number of ether oxygens (including phenoxy) is 1. The molecular formula is C9H15NO2. The summed E-state index contributed by atoms with van der Waals surface area (Å²) < 4.78 is 5.45. The lowest BCUT2D eigenvalue weighted by molar-refractivity contribution is -0.134. The van der Waals surface area contributed by atoms with Crippen molar-refractivity contribution in [1.82, 2.24) is 4.90 Å². The third-order valence-electron chi connectivity index (χ3n) is 2.95. The van der Waals surface area contributed by atoms with Gasteiger partial charge in [-0.05, 0) is 20.3 Å². The van der Waals surface area contributed by atoms with Crippen molar-refractivity contribution in [3.05, 3.63) is 0 Å². The topological polar surface area (TPSA) is 32.8 Å². The van der Waals surface area contributed by atoms with E-state index < -0.39 is 0 Å². The molecule has 0 bridgehead atoms. The van der Waals surface area contributed by atoms with E-state index in [1.165, 1.54) is 0 Å². The van der Waals surface area contributed by atoms with Crippen molar-refractivity contribution < 1.29 is 9.53 Å². The van der Waals surface area contributed by atoms with Crippen LogP contribution in [0.25, 0.3) is 0 Å². The highest BCUT2D eigenvalue weighted by atomic mass is 16.6. The second-order valence-electron chi connectivity index (χ2n) is 3.89. The van der Waals surface area contributed by atoms with Gasteiger partial charge in [0, 0.05) is 13.0 Å². The lowest BCUT2D eigenvalue weighted by atomic mass is 9.98. The Labute approximate surface area is 72.7 Å². The summed E-state index contributed by atoms with van der Waals surface area (Å²) in [6, 6.07) is 0.623. The minimum atomic E-state index is 0.170. The van der Waals surface area contributed by atoms with Crippen LogP contribution in [0.4, 0.5) is 0 Å². The third-order valence-corrected chi connectivity index (χ3v) is 2.95. The van der Waals surface area contributed by atoms with Crippen LogP contribution in [0.15, 0.2) is 0 Å². The Morgan fingerprint density at radius 3 is 2.75 bits per heavy atom.